The highest BCUT2D eigenvalue weighted by Gasteiger charge is 2.60. The number of carbonyl (C=O) groups is 2. The van der Waals surface area contributed by atoms with E-state index in [0.29, 0.717) is 18.4 Å². The number of fused-ring (bicyclic) bond motifs is 5. The Hall–Kier alpha value is -2.02. The predicted octanol–water partition coefficient (Wildman–Crippen LogP) is 1.41. The molecule has 0 N–H and O–H groups in total. The molecule has 2 amide bonds. The monoisotopic (exact) mass is 383 g/mol. The molecule has 28 heavy (non-hydrogen) atoms. The number of amides is 2. The number of aromatic nitrogens is 2. The summed E-state index contributed by atoms with van der Waals surface area (Å²) in [6, 6.07) is 1.84. The highest BCUT2D eigenvalue weighted by molar-refractivity contribution is 6.06. The molecular weight excluding hydrogens is 354 g/mol. The van der Waals surface area contributed by atoms with E-state index in [1.165, 1.54) is 0 Å². The van der Waals surface area contributed by atoms with Crippen molar-refractivity contribution >= 4 is 17.8 Å². The van der Waals surface area contributed by atoms with Crippen LogP contribution in [-0.4, -0.2) is 70.9 Å². The molecule has 2 bridgehead atoms. The molecule has 0 radical (unpaired) electrons. The van der Waals surface area contributed by atoms with Crippen molar-refractivity contribution < 1.29 is 9.59 Å². The van der Waals surface area contributed by atoms with Gasteiger partial charge in [0, 0.05) is 45.1 Å². The third kappa shape index (κ3) is 3.09. The fourth-order valence-electron chi connectivity index (χ4n) is 5.92. The van der Waals surface area contributed by atoms with Crippen LogP contribution >= 0.6 is 0 Å². The Kier molecular flexibility index (Phi) is 4.78. The van der Waals surface area contributed by atoms with Gasteiger partial charge in [-0.25, -0.2) is 9.97 Å². The summed E-state index contributed by atoms with van der Waals surface area (Å²) in [4.78, 5) is 40.4. The van der Waals surface area contributed by atoms with Crippen LogP contribution in [0.15, 0.2) is 18.5 Å². The summed E-state index contributed by atoms with van der Waals surface area (Å²) < 4.78 is 0. The molecule has 2 aliphatic carbocycles. The van der Waals surface area contributed by atoms with Crippen molar-refractivity contribution in [2.45, 2.75) is 32.1 Å². The molecule has 0 unspecified atom stereocenters. The van der Waals surface area contributed by atoms with Crippen molar-refractivity contribution in [1.29, 1.82) is 0 Å². The second-order valence-corrected chi connectivity index (χ2v) is 8.80. The van der Waals surface area contributed by atoms with Crippen LogP contribution in [0.2, 0.25) is 0 Å². The van der Waals surface area contributed by atoms with E-state index >= 15 is 0 Å². The quantitative estimate of drug-likeness (QED) is 0.546. The van der Waals surface area contributed by atoms with Crippen LogP contribution in [0.25, 0.3) is 0 Å². The predicted molar refractivity (Wildman–Crippen MR) is 104 cm³/mol. The second-order valence-electron chi connectivity index (χ2n) is 8.80. The summed E-state index contributed by atoms with van der Waals surface area (Å²) in [5, 5.41) is 0. The Morgan fingerprint density at radius 2 is 1.46 bits per heavy atom. The van der Waals surface area contributed by atoms with Crippen LogP contribution in [0.3, 0.4) is 0 Å². The third-order valence-corrected chi connectivity index (χ3v) is 7.33. The lowest BCUT2D eigenvalue weighted by atomic mass is 9.81. The van der Waals surface area contributed by atoms with Gasteiger partial charge in [-0.3, -0.25) is 19.4 Å². The molecule has 7 nitrogen and oxygen atoms in total. The minimum absolute atomic E-state index is 0.0273. The maximum Gasteiger partial charge on any atom is 0.233 e. The third-order valence-electron chi connectivity index (χ3n) is 7.33. The molecule has 0 spiro atoms. The fourth-order valence-corrected chi connectivity index (χ4v) is 5.92. The highest BCUT2D eigenvalue weighted by atomic mass is 16.2. The van der Waals surface area contributed by atoms with E-state index in [-0.39, 0.29) is 23.7 Å². The summed E-state index contributed by atoms with van der Waals surface area (Å²) >= 11 is 0. The first kappa shape index (κ1) is 18.0. The van der Waals surface area contributed by atoms with Crippen LogP contribution in [-0.2, 0) is 9.59 Å². The highest BCUT2D eigenvalue weighted by Crippen LogP contribution is 2.56. The van der Waals surface area contributed by atoms with Gasteiger partial charge in [0.2, 0.25) is 17.8 Å². The lowest BCUT2D eigenvalue weighted by Gasteiger charge is -2.34. The molecule has 4 fully saturated rings. The van der Waals surface area contributed by atoms with E-state index in [2.05, 4.69) is 19.8 Å². The standard InChI is InChI=1S/C21H29N5O2/c27-19-17-15-4-5-16(14-15)18(17)20(28)26(19)9-2-1-8-24-10-12-25(13-11-24)21-22-6-3-7-23-21/h3,6-7,15-18H,1-2,4-5,8-14H2/t15-,16-,17-,18-/m1/s1. The van der Waals surface area contributed by atoms with Crippen LogP contribution in [0.1, 0.15) is 32.1 Å². The van der Waals surface area contributed by atoms with E-state index < -0.39 is 0 Å². The second kappa shape index (κ2) is 7.43. The van der Waals surface area contributed by atoms with Crippen molar-refractivity contribution in [3.8, 4) is 0 Å². The van der Waals surface area contributed by atoms with Crippen LogP contribution < -0.4 is 4.90 Å². The minimum Gasteiger partial charge on any atom is -0.338 e. The molecule has 2 saturated heterocycles. The number of hydrogen-bond donors (Lipinski definition) is 0. The van der Waals surface area contributed by atoms with Gasteiger partial charge in [-0.2, -0.15) is 0 Å². The zero-order valence-corrected chi connectivity index (χ0v) is 16.4. The summed E-state index contributed by atoms with van der Waals surface area (Å²) in [5.41, 5.74) is 0. The summed E-state index contributed by atoms with van der Waals surface area (Å²) in [6.45, 7) is 5.54. The minimum atomic E-state index is 0.0273. The van der Waals surface area contributed by atoms with Gasteiger partial charge in [0.05, 0.1) is 11.8 Å². The van der Waals surface area contributed by atoms with Gasteiger partial charge >= 0.3 is 0 Å². The van der Waals surface area contributed by atoms with E-state index in [9.17, 15) is 9.59 Å². The van der Waals surface area contributed by atoms with Crippen molar-refractivity contribution in [1.82, 2.24) is 19.8 Å². The first-order valence-electron chi connectivity index (χ1n) is 10.8. The topological polar surface area (TPSA) is 69.6 Å². The molecule has 1 aromatic heterocycles. The molecule has 0 aromatic carbocycles. The number of likely N-dealkylation sites (tertiary alicyclic amines) is 1. The van der Waals surface area contributed by atoms with Crippen molar-refractivity contribution in [2.24, 2.45) is 23.7 Å². The SMILES string of the molecule is O=C1[C@@H]2[C@@H]3CC[C@H](C3)[C@H]2C(=O)N1CCCCN1CCN(c2ncccn2)CC1. The van der Waals surface area contributed by atoms with Crippen LogP contribution in [0.4, 0.5) is 5.95 Å². The van der Waals surface area contributed by atoms with Crippen LogP contribution in [0, 0.1) is 23.7 Å². The Bertz CT molecular complexity index is 706. The van der Waals surface area contributed by atoms with E-state index in [0.717, 1.165) is 70.8 Å². The van der Waals surface area contributed by atoms with Gasteiger partial charge in [0.1, 0.15) is 0 Å². The van der Waals surface area contributed by atoms with Gasteiger partial charge in [-0.05, 0) is 56.6 Å². The maximum atomic E-state index is 12.7. The number of rotatable bonds is 6. The van der Waals surface area contributed by atoms with E-state index in [4.69, 9.17) is 0 Å². The lowest BCUT2D eigenvalue weighted by Crippen LogP contribution is -2.47. The van der Waals surface area contributed by atoms with Gasteiger partial charge in [-0.15, -0.1) is 0 Å². The molecule has 2 saturated carbocycles. The normalized spacial score (nSPS) is 32.4. The maximum absolute atomic E-state index is 12.7. The number of piperazine rings is 1. The van der Waals surface area contributed by atoms with E-state index in [1.807, 2.05) is 6.07 Å². The molecule has 150 valence electrons. The smallest absolute Gasteiger partial charge is 0.233 e. The van der Waals surface area contributed by atoms with Crippen molar-refractivity contribution in [3.05, 3.63) is 18.5 Å². The molecular formula is C21H29N5O2. The molecule has 5 rings (SSSR count). The average Bonchev–Trinajstić information content (AvgIpc) is 3.41. The zero-order valence-electron chi connectivity index (χ0n) is 16.4. The molecule has 7 heteroatoms. The van der Waals surface area contributed by atoms with Crippen molar-refractivity contribution in [2.75, 3.05) is 44.2 Å². The first-order chi connectivity index (χ1) is 13.7. The zero-order chi connectivity index (χ0) is 19.1. The largest absolute Gasteiger partial charge is 0.338 e. The summed E-state index contributed by atoms with van der Waals surface area (Å²) in [5.74, 6) is 2.12. The molecule has 2 aliphatic heterocycles. The Morgan fingerprint density at radius 3 is 2.11 bits per heavy atom. The van der Waals surface area contributed by atoms with Gasteiger partial charge in [0.25, 0.3) is 0 Å². The van der Waals surface area contributed by atoms with Gasteiger partial charge < -0.3 is 4.90 Å². The molecule has 1 aromatic rings. The average molecular weight is 383 g/mol. The first-order valence-corrected chi connectivity index (χ1v) is 10.8. The Labute approximate surface area is 166 Å². The fraction of sp³-hybridized carbons (Fsp3) is 0.714. The Balaban J connectivity index is 1.05. The van der Waals surface area contributed by atoms with Gasteiger partial charge in [-0.1, -0.05) is 0 Å². The lowest BCUT2D eigenvalue weighted by molar-refractivity contribution is -0.140. The number of anilines is 1. The number of hydrogen-bond acceptors (Lipinski definition) is 6. The van der Waals surface area contributed by atoms with Crippen LogP contribution in [0.5, 0.6) is 0 Å². The molecule has 4 aliphatic rings. The number of imide groups is 1. The Morgan fingerprint density at radius 1 is 0.857 bits per heavy atom. The molecule has 4 atom stereocenters. The number of nitrogens with zero attached hydrogens (tertiary/aromatic N) is 5. The number of carbonyl (C=O) groups excluding carboxylic acids is 2. The molecule has 3 heterocycles. The van der Waals surface area contributed by atoms with Crippen molar-refractivity contribution in [3.63, 3.8) is 0 Å². The number of unbranched alkanes of at least 4 members (excludes halogenated alkanes) is 1. The van der Waals surface area contributed by atoms with Gasteiger partial charge in [0.15, 0.2) is 0 Å². The summed E-state index contributed by atoms with van der Waals surface area (Å²) in [6.07, 6.45) is 8.93. The summed E-state index contributed by atoms with van der Waals surface area (Å²) in [7, 11) is 0. The van der Waals surface area contributed by atoms with E-state index in [1.54, 1.807) is 17.3 Å².